The third-order valence-corrected chi connectivity index (χ3v) is 4.94. The minimum atomic E-state index is 0.293. The van der Waals surface area contributed by atoms with Crippen LogP contribution in [0.3, 0.4) is 0 Å². The van der Waals surface area contributed by atoms with Crippen LogP contribution < -0.4 is 5.32 Å². The van der Waals surface area contributed by atoms with Crippen LogP contribution in [-0.2, 0) is 6.42 Å². The van der Waals surface area contributed by atoms with Gasteiger partial charge in [0.25, 0.3) is 0 Å². The van der Waals surface area contributed by atoms with E-state index >= 15 is 0 Å². The molecule has 2 rings (SSSR count). The Kier molecular flexibility index (Phi) is 5.43. The highest BCUT2D eigenvalue weighted by atomic mass is 79.9. The molecule has 1 fully saturated rings. The average molecular weight is 360 g/mol. The van der Waals surface area contributed by atoms with E-state index in [9.17, 15) is 0 Å². The third-order valence-electron chi connectivity index (χ3n) is 3.22. The molecule has 0 unspecified atom stereocenters. The highest BCUT2D eigenvalue weighted by molar-refractivity contribution is 9.10. The van der Waals surface area contributed by atoms with Crippen LogP contribution in [0.25, 0.3) is 0 Å². The topological polar surface area (TPSA) is 40.8 Å². The maximum atomic E-state index is 5.50. The number of halogens is 1. The Morgan fingerprint density at radius 3 is 2.95 bits per heavy atom. The van der Waals surface area contributed by atoms with E-state index in [4.69, 9.17) is 4.42 Å². The summed E-state index contributed by atoms with van der Waals surface area (Å²) >= 11 is 5.35. The standard InChI is InChI=1S/C14H22BrN3OS/c1-14(2)10-18(8-9-20-14)13(16-3)17-7-6-11-4-5-12(15)19-11/h4-5H,6-10H2,1-3H3,(H,16,17). The van der Waals surface area contributed by atoms with E-state index in [0.29, 0.717) is 4.75 Å². The van der Waals surface area contributed by atoms with Crippen LogP contribution >= 0.6 is 27.7 Å². The highest BCUT2D eigenvalue weighted by Crippen LogP contribution is 2.29. The van der Waals surface area contributed by atoms with E-state index < -0.39 is 0 Å². The molecule has 0 radical (unpaired) electrons. The molecule has 0 bridgehead atoms. The van der Waals surface area contributed by atoms with E-state index in [1.54, 1.807) is 0 Å². The average Bonchev–Trinajstić information content (AvgIpc) is 2.79. The molecule has 2 heterocycles. The number of hydrogen-bond donors (Lipinski definition) is 1. The predicted octanol–water partition coefficient (Wildman–Crippen LogP) is 2.99. The van der Waals surface area contributed by atoms with Crippen molar-refractivity contribution in [3.05, 3.63) is 22.6 Å². The zero-order valence-electron chi connectivity index (χ0n) is 12.3. The summed E-state index contributed by atoms with van der Waals surface area (Å²) in [5.74, 6) is 3.12. The van der Waals surface area contributed by atoms with Crippen molar-refractivity contribution in [2.45, 2.75) is 25.0 Å². The van der Waals surface area contributed by atoms with Gasteiger partial charge in [-0.2, -0.15) is 11.8 Å². The van der Waals surface area contributed by atoms with Crippen LogP contribution in [0.5, 0.6) is 0 Å². The van der Waals surface area contributed by atoms with Crippen molar-refractivity contribution in [2.75, 3.05) is 32.4 Å². The second kappa shape index (κ2) is 6.89. The zero-order valence-corrected chi connectivity index (χ0v) is 14.7. The van der Waals surface area contributed by atoms with Crippen molar-refractivity contribution in [3.63, 3.8) is 0 Å². The van der Waals surface area contributed by atoms with E-state index in [2.05, 4.69) is 45.0 Å². The van der Waals surface area contributed by atoms with Crippen molar-refractivity contribution in [1.82, 2.24) is 10.2 Å². The number of guanidine groups is 1. The monoisotopic (exact) mass is 359 g/mol. The molecule has 1 saturated heterocycles. The van der Waals surface area contributed by atoms with Crippen LogP contribution in [0.2, 0.25) is 0 Å². The quantitative estimate of drug-likeness (QED) is 0.665. The Labute approximate surface area is 133 Å². The van der Waals surface area contributed by atoms with Gasteiger partial charge in [0.1, 0.15) is 5.76 Å². The molecule has 4 nitrogen and oxygen atoms in total. The molecule has 0 amide bonds. The van der Waals surface area contributed by atoms with E-state index in [0.717, 1.165) is 48.2 Å². The van der Waals surface area contributed by atoms with E-state index in [-0.39, 0.29) is 0 Å². The number of aliphatic imine (C=N–C) groups is 1. The molecule has 0 aromatic carbocycles. The molecule has 1 aromatic rings. The lowest BCUT2D eigenvalue weighted by Crippen LogP contribution is -2.51. The number of thioether (sulfide) groups is 1. The Morgan fingerprint density at radius 1 is 1.55 bits per heavy atom. The molecule has 1 aliphatic heterocycles. The van der Waals surface area contributed by atoms with Crippen molar-refractivity contribution >= 4 is 33.7 Å². The second-order valence-electron chi connectivity index (χ2n) is 5.46. The lowest BCUT2D eigenvalue weighted by atomic mass is 10.2. The molecule has 1 aromatic heterocycles. The molecule has 1 N–H and O–H groups in total. The molecule has 0 spiro atoms. The maximum Gasteiger partial charge on any atom is 0.193 e. The van der Waals surface area contributed by atoms with Gasteiger partial charge in [0.2, 0.25) is 0 Å². The minimum Gasteiger partial charge on any atom is -0.454 e. The molecule has 112 valence electrons. The van der Waals surface area contributed by atoms with Crippen LogP contribution in [0.1, 0.15) is 19.6 Å². The molecule has 0 saturated carbocycles. The van der Waals surface area contributed by atoms with E-state index in [1.807, 2.05) is 30.9 Å². The molecule has 0 atom stereocenters. The van der Waals surface area contributed by atoms with Gasteiger partial charge >= 0.3 is 0 Å². The predicted molar refractivity (Wildman–Crippen MR) is 89.6 cm³/mol. The molecule has 0 aliphatic carbocycles. The number of nitrogens with zero attached hydrogens (tertiary/aromatic N) is 2. The summed E-state index contributed by atoms with van der Waals surface area (Å²) in [5.41, 5.74) is 0. The van der Waals surface area contributed by atoms with Gasteiger partial charge in [-0.15, -0.1) is 0 Å². The van der Waals surface area contributed by atoms with Crippen molar-refractivity contribution < 1.29 is 4.42 Å². The maximum absolute atomic E-state index is 5.50. The third kappa shape index (κ3) is 4.45. The highest BCUT2D eigenvalue weighted by Gasteiger charge is 2.28. The van der Waals surface area contributed by atoms with Gasteiger partial charge in [0.05, 0.1) is 0 Å². The molecular weight excluding hydrogens is 338 g/mol. The number of rotatable bonds is 3. The van der Waals surface area contributed by atoms with Gasteiger partial charge < -0.3 is 14.6 Å². The van der Waals surface area contributed by atoms with Crippen molar-refractivity contribution in [1.29, 1.82) is 0 Å². The van der Waals surface area contributed by atoms with Gasteiger partial charge in [-0.3, -0.25) is 4.99 Å². The first-order valence-corrected chi connectivity index (χ1v) is 8.62. The van der Waals surface area contributed by atoms with Crippen LogP contribution in [0, 0.1) is 0 Å². The van der Waals surface area contributed by atoms with Gasteiger partial charge in [-0.05, 0) is 41.9 Å². The Hall–Kier alpha value is -0.620. The zero-order chi connectivity index (χ0) is 14.6. The first-order chi connectivity index (χ1) is 9.50. The van der Waals surface area contributed by atoms with Gasteiger partial charge in [-0.1, -0.05) is 0 Å². The minimum absolute atomic E-state index is 0.293. The van der Waals surface area contributed by atoms with Gasteiger partial charge in [0.15, 0.2) is 10.6 Å². The summed E-state index contributed by atoms with van der Waals surface area (Å²) in [6.45, 7) is 7.50. The number of nitrogens with one attached hydrogen (secondary N) is 1. The smallest absolute Gasteiger partial charge is 0.193 e. The fourth-order valence-electron chi connectivity index (χ4n) is 2.31. The van der Waals surface area contributed by atoms with Crippen LogP contribution in [-0.4, -0.2) is 48.0 Å². The number of hydrogen-bond acceptors (Lipinski definition) is 3. The Morgan fingerprint density at radius 2 is 2.35 bits per heavy atom. The lowest BCUT2D eigenvalue weighted by molar-refractivity contribution is 0.375. The second-order valence-corrected chi connectivity index (χ2v) is 8.04. The van der Waals surface area contributed by atoms with Gasteiger partial charge in [-0.25, -0.2) is 0 Å². The fraction of sp³-hybridized carbons (Fsp3) is 0.643. The Balaban J connectivity index is 1.83. The van der Waals surface area contributed by atoms with Crippen molar-refractivity contribution in [3.8, 4) is 0 Å². The molecule has 20 heavy (non-hydrogen) atoms. The van der Waals surface area contributed by atoms with Crippen LogP contribution in [0.4, 0.5) is 0 Å². The molecule has 1 aliphatic rings. The van der Waals surface area contributed by atoms with Gasteiger partial charge in [0, 0.05) is 43.6 Å². The van der Waals surface area contributed by atoms with Crippen LogP contribution in [0.15, 0.2) is 26.2 Å². The summed E-state index contributed by atoms with van der Waals surface area (Å²) in [4.78, 5) is 6.74. The largest absolute Gasteiger partial charge is 0.454 e. The lowest BCUT2D eigenvalue weighted by Gasteiger charge is -2.39. The first-order valence-electron chi connectivity index (χ1n) is 6.84. The SMILES string of the molecule is CN=C(NCCc1ccc(Br)o1)N1CCSC(C)(C)C1. The number of furan rings is 1. The summed E-state index contributed by atoms with van der Waals surface area (Å²) in [7, 11) is 1.85. The first kappa shape index (κ1) is 15.8. The summed E-state index contributed by atoms with van der Waals surface area (Å²) in [6, 6.07) is 3.92. The molecular formula is C14H22BrN3OS. The normalized spacial score (nSPS) is 19.2. The fourth-order valence-corrected chi connectivity index (χ4v) is 3.76. The molecule has 6 heteroatoms. The summed E-state index contributed by atoms with van der Waals surface area (Å²) in [6.07, 6.45) is 0.858. The van der Waals surface area contributed by atoms with E-state index in [1.165, 1.54) is 0 Å². The van der Waals surface area contributed by atoms with Crippen molar-refractivity contribution in [2.24, 2.45) is 4.99 Å². The Bertz CT molecular complexity index is 473. The summed E-state index contributed by atoms with van der Waals surface area (Å²) < 4.78 is 6.57. The summed E-state index contributed by atoms with van der Waals surface area (Å²) in [5, 5.41) is 3.43.